The van der Waals surface area contributed by atoms with E-state index in [1.165, 1.54) is 0 Å². The van der Waals surface area contributed by atoms with Crippen molar-refractivity contribution in [1.82, 2.24) is 14.7 Å². The zero-order valence-electron chi connectivity index (χ0n) is 26.2. The molecule has 3 aliphatic rings. The van der Waals surface area contributed by atoms with E-state index in [0.717, 1.165) is 101 Å². The number of amides is 2. The monoisotopic (exact) mass is 611 g/mol. The predicted molar refractivity (Wildman–Crippen MR) is 158 cm³/mol. The van der Waals surface area contributed by atoms with E-state index >= 15 is 0 Å². The van der Waals surface area contributed by atoms with Gasteiger partial charge in [-0.05, 0) is 56.6 Å². The highest BCUT2D eigenvalue weighted by atomic mass is 19.4. The van der Waals surface area contributed by atoms with Crippen LogP contribution in [0.4, 0.5) is 18.0 Å². The zero-order chi connectivity index (χ0) is 31.9. The summed E-state index contributed by atoms with van der Waals surface area (Å²) in [5.41, 5.74) is 2.68. The van der Waals surface area contributed by atoms with Crippen LogP contribution < -0.4 is 0 Å². The first kappa shape index (κ1) is 34.7. The summed E-state index contributed by atoms with van der Waals surface area (Å²) in [6.45, 7) is 15.1. The number of carbonyl (C=O) groups is 3. The highest BCUT2D eigenvalue weighted by Gasteiger charge is 2.54. The molecule has 0 bridgehead atoms. The standard InChI is InChI=1S/C30H47N3O3.C2HF3O2/c1-6-7-11-26-30(36-29(35)33(26)19-12-22(2)3)15-20-31(21-16-30)25-13-17-32(18-14-25)28(34)27-23(4)9-8-10-24(27)5;3-2(4,5)1(6)7/h8-10,22,25-26H,6-7,11-21H2,1-5H3;(H,6,7). The second-order valence-corrected chi connectivity index (χ2v) is 12.6. The number of benzene rings is 1. The van der Waals surface area contributed by atoms with Crippen molar-refractivity contribution in [3.8, 4) is 0 Å². The van der Waals surface area contributed by atoms with Crippen LogP contribution in [-0.4, -0.2) is 94.4 Å². The number of ether oxygens (including phenoxy) is 1. The molecular formula is C32H48F3N3O5. The van der Waals surface area contributed by atoms with Gasteiger partial charge in [0.2, 0.25) is 0 Å². The minimum atomic E-state index is -5.08. The number of aliphatic carboxylic acids is 1. The topological polar surface area (TPSA) is 90.4 Å². The minimum absolute atomic E-state index is 0.0940. The van der Waals surface area contributed by atoms with Crippen LogP contribution in [-0.2, 0) is 9.53 Å². The van der Waals surface area contributed by atoms with E-state index in [-0.39, 0.29) is 23.6 Å². The molecule has 1 N–H and O–H groups in total. The molecule has 1 aromatic carbocycles. The van der Waals surface area contributed by atoms with Crippen LogP contribution in [0, 0.1) is 19.8 Å². The Kier molecular flexibility index (Phi) is 11.9. The van der Waals surface area contributed by atoms with Gasteiger partial charge in [0.05, 0.1) is 6.04 Å². The summed E-state index contributed by atoms with van der Waals surface area (Å²) < 4.78 is 37.9. The number of hydrogen-bond donors (Lipinski definition) is 1. The van der Waals surface area contributed by atoms with Crippen molar-refractivity contribution in [3.63, 3.8) is 0 Å². The quantitative estimate of drug-likeness (QED) is 0.364. The first-order valence-electron chi connectivity index (χ1n) is 15.6. The highest BCUT2D eigenvalue weighted by molar-refractivity contribution is 5.97. The number of likely N-dealkylation sites (tertiary alicyclic amines) is 2. The summed E-state index contributed by atoms with van der Waals surface area (Å²) in [6.07, 6.45) is 3.05. The van der Waals surface area contributed by atoms with Crippen molar-refractivity contribution in [3.05, 3.63) is 34.9 Å². The smallest absolute Gasteiger partial charge is 0.475 e. The number of carboxylic acids is 1. The molecule has 0 radical (unpaired) electrons. The average Bonchev–Trinajstić information content (AvgIpc) is 3.19. The number of nitrogens with zero attached hydrogens (tertiary/aromatic N) is 3. The molecule has 0 saturated carbocycles. The third-order valence-corrected chi connectivity index (χ3v) is 9.14. The number of carbonyl (C=O) groups excluding carboxylic acids is 2. The maximum atomic E-state index is 13.2. The molecule has 11 heteroatoms. The van der Waals surface area contributed by atoms with Gasteiger partial charge in [0.1, 0.15) is 5.60 Å². The molecule has 1 unspecified atom stereocenters. The first-order chi connectivity index (χ1) is 20.2. The molecule has 1 spiro atoms. The molecule has 2 amide bonds. The molecule has 3 saturated heterocycles. The lowest BCUT2D eigenvalue weighted by Gasteiger charge is -2.46. The number of unbranched alkanes of at least 4 members (excludes halogenated alkanes) is 1. The Balaban J connectivity index is 0.000000646. The Hall–Kier alpha value is -2.82. The summed E-state index contributed by atoms with van der Waals surface area (Å²) in [5.74, 6) is -2.00. The number of carboxylic acid groups (broad SMARTS) is 1. The van der Waals surface area contributed by atoms with Gasteiger partial charge in [-0.1, -0.05) is 51.8 Å². The first-order valence-corrected chi connectivity index (χ1v) is 15.6. The van der Waals surface area contributed by atoms with Gasteiger partial charge in [0, 0.05) is 57.2 Å². The van der Waals surface area contributed by atoms with Crippen LogP contribution in [0.5, 0.6) is 0 Å². The summed E-state index contributed by atoms with van der Waals surface area (Å²) in [4.78, 5) is 41.8. The van der Waals surface area contributed by atoms with Gasteiger partial charge in [0.25, 0.3) is 5.91 Å². The normalized spacial score (nSPS) is 21.1. The molecule has 4 rings (SSSR count). The Morgan fingerprint density at radius 2 is 1.63 bits per heavy atom. The minimum Gasteiger partial charge on any atom is -0.475 e. The van der Waals surface area contributed by atoms with Gasteiger partial charge in [-0.15, -0.1) is 0 Å². The Morgan fingerprint density at radius 1 is 1.07 bits per heavy atom. The highest BCUT2D eigenvalue weighted by Crippen LogP contribution is 2.42. The van der Waals surface area contributed by atoms with E-state index in [9.17, 15) is 22.8 Å². The predicted octanol–water partition coefficient (Wildman–Crippen LogP) is 6.43. The molecule has 0 aliphatic carbocycles. The number of halogens is 3. The van der Waals surface area contributed by atoms with Crippen molar-refractivity contribution in [2.45, 2.75) is 110 Å². The van der Waals surface area contributed by atoms with Gasteiger partial charge in [-0.3, -0.25) is 9.69 Å². The van der Waals surface area contributed by atoms with Crippen LogP contribution in [0.15, 0.2) is 18.2 Å². The fourth-order valence-corrected chi connectivity index (χ4v) is 6.62. The summed E-state index contributed by atoms with van der Waals surface area (Å²) in [6, 6.07) is 6.80. The van der Waals surface area contributed by atoms with Crippen molar-refractivity contribution in [1.29, 1.82) is 0 Å². The van der Waals surface area contributed by atoms with Crippen LogP contribution in [0.25, 0.3) is 0 Å². The lowest BCUT2D eigenvalue weighted by atomic mass is 9.81. The molecule has 3 fully saturated rings. The second kappa shape index (κ2) is 14.8. The van der Waals surface area contributed by atoms with Crippen LogP contribution in [0.1, 0.15) is 93.6 Å². The number of piperidine rings is 2. The SMILES string of the molecule is CCCCC1N(CCC(C)C)C(=O)OC12CCN(C1CCN(C(=O)c3c(C)cccc3C)CC1)CC2.O=C(O)C(F)(F)F. The van der Waals surface area contributed by atoms with Crippen molar-refractivity contribution >= 4 is 18.0 Å². The van der Waals surface area contributed by atoms with Crippen molar-refractivity contribution in [2.24, 2.45) is 5.92 Å². The lowest BCUT2D eigenvalue weighted by molar-refractivity contribution is -0.192. The molecule has 0 aromatic heterocycles. The largest absolute Gasteiger partial charge is 0.490 e. The molecule has 43 heavy (non-hydrogen) atoms. The summed E-state index contributed by atoms with van der Waals surface area (Å²) in [5, 5.41) is 7.12. The number of aryl methyl sites for hydroxylation is 2. The third-order valence-electron chi connectivity index (χ3n) is 9.14. The fourth-order valence-electron chi connectivity index (χ4n) is 6.62. The van der Waals surface area contributed by atoms with Crippen LogP contribution >= 0.6 is 0 Å². The number of rotatable bonds is 8. The maximum absolute atomic E-state index is 13.2. The van der Waals surface area contributed by atoms with E-state index in [4.69, 9.17) is 14.6 Å². The van der Waals surface area contributed by atoms with E-state index in [1.807, 2.05) is 36.9 Å². The molecular weight excluding hydrogens is 563 g/mol. The van der Waals surface area contributed by atoms with Gasteiger partial charge in [-0.2, -0.15) is 13.2 Å². The molecule has 3 heterocycles. The Labute approximate surface area is 253 Å². The van der Waals surface area contributed by atoms with E-state index in [1.54, 1.807) is 0 Å². The van der Waals surface area contributed by atoms with Crippen LogP contribution in [0.2, 0.25) is 0 Å². The van der Waals surface area contributed by atoms with E-state index < -0.39 is 12.1 Å². The van der Waals surface area contributed by atoms with Gasteiger partial charge in [0.15, 0.2) is 0 Å². The zero-order valence-corrected chi connectivity index (χ0v) is 26.2. The number of hydrogen-bond acceptors (Lipinski definition) is 5. The molecule has 1 atom stereocenters. The second-order valence-electron chi connectivity index (χ2n) is 12.6. The Morgan fingerprint density at radius 3 is 2.12 bits per heavy atom. The molecule has 8 nitrogen and oxygen atoms in total. The van der Waals surface area contributed by atoms with Crippen molar-refractivity contribution in [2.75, 3.05) is 32.7 Å². The summed E-state index contributed by atoms with van der Waals surface area (Å²) >= 11 is 0. The summed E-state index contributed by atoms with van der Waals surface area (Å²) in [7, 11) is 0. The fraction of sp³-hybridized carbons (Fsp3) is 0.719. The number of alkyl halides is 3. The Bertz CT molecular complexity index is 1090. The van der Waals surface area contributed by atoms with Gasteiger partial charge < -0.3 is 19.6 Å². The van der Waals surface area contributed by atoms with E-state index in [0.29, 0.717) is 12.0 Å². The van der Waals surface area contributed by atoms with Crippen molar-refractivity contribution < 1.29 is 37.4 Å². The third kappa shape index (κ3) is 8.64. The lowest BCUT2D eigenvalue weighted by Crippen LogP contribution is -2.56. The van der Waals surface area contributed by atoms with Gasteiger partial charge in [-0.25, -0.2) is 9.59 Å². The van der Waals surface area contributed by atoms with Gasteiger partial charge >= 0.3 is 18.2 Å². The van der Waals surface area contributed by atoms with E-state index in [2.05, 4.69) is 30.6 Å². The van der Waals surface area contributed by atoms with Crippen LogP contribution in [0.3, 0.4) is 0 Å². The maximum Gasteiger partial charge on any atom is 0.490 e. The molecule has 1 aromatic rings. The average molecular weight is 612 g/mol. The molecule has 3 aliphatic heterocycles. The molecule has 242 valence electrons.